The maximum absolute atomic E-state index is 12.3. The standard InChI is InChI=1S/C22H19N3O4S/c1-2-19-24-25-20(26)12-17(23-22(25)30-19)14-29-21(27)16-10-8-15(9-11-16)13-28-18-6-4-3-5-7-18/h3-12H,2,13-14H2,1H3. The lowest BCUT2D eigenvalue weighted by atomic mass is 10.1. The molecule has 2 heterocycles. The Labute approximate surface area is 176 Å². The number of fused-ring (bicyclic) bond motifs is 1. The van der Waals surface area contributed by atoms with Gasteiger partial charge < -0.3 is 9.47 Å². The van der Waals surface area contributed by atoms with Crippen molar-refractivity contribution in [2.75, 3.05) is 0 Å². The molecular weight excluding hydrogens is 402 g/mol. The Morgan fingerprint density at radius 2 is 1.83 bits per heavy atom. The molecule has 0 unspecified atom stereocenters. The molecule has 0 atom stereocenters. The van der Waals surface area contributed by atoms with Gasteiger partial charge in [-0.1, -0.05) is 48.6 Å². The Hall–Kier alpha value is -3.52. The van der Waals surface area contributed by atoms with E-state index in [4.69, 9.17) is 9.47 Å². The minimum absolute atomic E-state index is 0.0806. The van der Waals surface area contributed by atoms with Gasteiger partial charge in [0.05, 0.1) is 11.3 Å². The second-order valence-electron chi connectivity index (χ2n) is 6.50. The van der Waals surface area contributed by atoms with E-state index in [1.54, 1.807) is 12.1 Å². The normalized spacial score (nSPS) is 10.8. The molecule has 4 rings (SSSR count). The molecule has 30 heavy (non-hydrogen) atoms. The van der Waals surface area contributed by atoms with Crippen molar-refractivity contribution >= 4 is 22.3 Å². The number of carbonyl (C=O) groups excluding carboxylic acids is 1. The Bertz CT molecular complexity index is 1220. The molecule has 0 radical (unpaired) electrons. The Morgan fingerprint density at radius 3 is 2.57 bits per heavy atom. The Morgan fingerprint density at radius 1 is 1.07 bits per heavy atom. The van der Waals surface area contributed by atoms with Crippen LogP contribution in [0.15, 0.2) is 65.5 Å². The van der Waals surface area contributed by atoms with Gasteiger partial charge in [-0.3, -0.25) is 4.79 Å². The van der Waals surface area contributed by atoms with Crippen molar-refractivity contribution in [2.45, 2.75) is 26.6 Å². The third kappa shape index (κ3) is 4.55. The van der Waals surface area contributed by atoms with Gasteiger partial charge >= 0.3 is 5.97 Å². The van der Waals surface area contributed by atoms with Gasteiger partial charge in [-0.15, -0.1) is 0 Å². The number of esters is 1. The fraction of sp³-hybridized carbons (Fsp3) is 0.182. The summed E-state index contributed by atoms with van der Waals surface area (Å²) in [6, 6.07) is 17.9. The van der Waals surface area contributed by atoms with Crippen LogP contribution in [0.5, 0.6) is 5.75 Å². The molecule has 0 bridgehead atoms. The highest BCUT2D eigenvalue weighted by atomic mass is 32.1. The van der Waals surface area contributed by atoms with Crippen LogP contribution in [0.4, 0.5) is 0 Å². The largest absolute Gasteiger partial charge is 0.489 e. The molecular formula is C22H19N3O4S. The number of carbonyl (C=O) groups is 1. The number of ether oxygens (including phenoxy) is 2. The van der Waals surface area contributed by atoms with Gasteiger partial charge in [0.15, 0.2) is 0 Å². The number of nitrogens with zero attached hydrogens (tertiary/aromatic N) is 3. The van der Waals surface area contributed by atoms with Crippen LogP contribution in [0.2, 0.25) is 0 Å². The van der Waals surface area contributed by atoms with E-state index in [-0.39, 0.29) is 12.2 Å². The molecule has 0 aliphatic carbocycles. The van der Waals surface area contributed by atoms with E-state index in [9.17, 15) is 9.59 Å². The van der Waals surface area contributed by atoms with Crippen LogP contribution in [0, 0.1) is 0 Å². The first-order valence-electron chi connectivity index (χ1n) is 9.45. The zero-order chi connectivity index (χ0) is 20.9. The van der Waals surface area contributed by atoms with E-state index < -0.39 is 5.97 Å². The maximum atomic E-state index is 12.3. The lowest BCUT2D eigenvalue weighted by molar-refractivity contribution is 0.0467. The molecule has 4 aromatic rings. The van der Waals surface area contributed by atoms with Gasteiger partial charge in [-0.05, 0) is 36.2 Å². The number of hydrogen-bond donors (Lipinski definition) is 0. The smallest absolute Gasteiger partial charge is 0.338 e. The molecule has 7 nitrogen and oxygen atoms in total. The number of aryl methyl sites for hydroxylation is 1. The molecule has 0 fully saturated rings. The third-order valence-corrected chi connectivity index (χ3v) is 5.38. The van der Waals surface area contributed by atoms with Gasteiger partial charge in [-0.2, -0.15) is 9.61 Å². The van der Waals surface area contributed by atoms with Gasteiger partial charge in [0.2, 0.25) is 4.96 Å². The average Bonchev–Trinajstić information content (AvgIpc) is 3.21. The summed E-state index contributed by atoms with van der Waals surface area (Å²) < 4.78 is 12.3. The van der Waals surface area contributed by atoms with Crippen molar-refractivity contribution < 1.29 is 14.3 Å². The van der Waals surface area contributed by atoms with Crippen LogP contribution in [0.25, 0.3) is 4.96 Å². The molecule has 2 aromatic heterocycles. The number of hydrogen-bond acceptors (Lipinski definition) is 7. The summed E-state index contributed by atoms with van der Waals surface area (Å²) in [6.07, 6.45) is 0.726. The molecule has 0 amide bonds. The highest BCUT2D eigenvalue weighted by Gasteiger charge is 2.11. The van der Waals surface area contributed by atoms with Crippen LogP contribution >= 0.6 is 11.3 Å². The lowest BCUT2D eigenvalue weighted by Crippen LogP contribution is -2.16. The monoisotopic (exact) mass is 421 g/mol. The van der Waals surface area contributed by atoms with Gasteiger partial charge in [0.1, 0.15) is 24.0 Å². The minimum Gasteiger partial charge on any atom is -0.489 e. The predicted molar refractivity (Wildman–Crippen MR) is 113 cm³/mol. The van der Waals surface area contributed by atoms with Crippen molar-refractivity contribution in [1.29, 1.82) is 0 Å². The maximum Gasteiger partial charge on any atom is 0.338 e. The summed E-state index contributed by atoms with van der Waals surface area (Å²) in [7, 11) is 0. The molecule has 0 spiro atoms. The molecule has 0 N–H and O–H groups in total. The van der Waals surface area contributed by atoms with Gasteiger partial charge in [-0.25, -0.2) is 9.78 Å². The number of para-hydroxylation sites is 1. The molecule has 152 valence electrons. The third-order valence-electron chi connectivity index (χ3n) is 4.33. The zero-order valence-corrected chi connectivity index (χ0v) is 17.1. The highest BCUT2D eigenvalue weighted by molar-refractivity contribution is 7.16. The van der Waals surface area contributed by atoms with Crippen LogP contribution in [0.1, 0.15) is 33.5 Å². The van der Waals surface area contributed by atoms with Crippen molar-refractivity contribution in [1.82, 2.24) is 14.6 Å². The van der Waals surface area contributed by atoms with Gasteiger partial charge in [0.25, 0.3) is 5.56 Å². The molecule has 8 heteroatoms. The summed E-state index contributed by atoms with van der Waals surface area (Å²) in [5.74, 6) is 0.305. The van der Waals surface area contributed by atoms with Crippen LogP contribution in [0.3, 0.4) is 0 Å². The molecule has 0 saturated carbocycles. The van der Waals surface area contributed by atoms with Crippen molar-refractivity contribution in [3.63, 3.8) is 0 Å². The fourth-order valence-corrected chi connectivity index (χ4v) is 3.61. The minimum atomic E-state index is -0.480. The van der Waals surface area contributed by atoms with E-state index in [0.29, 0.717) is 22.8 Å². The summed E-state index contributed by atoms with van der Waals surface area (Å²) >= 11 is 1.35. The second-order valence-corrected chi connectivity index (χ2v) is 7.54. The summed E-state index contributed by atoms with van der Waals surface area (Å²) in [6.45, 7) is 2.29. The number of aromatic nitrogens is 3. The van der Waals surface area contributed by atoms with E-state index in [1.165, 1.54) is 21.9 Å². The van der Waals surface area contributed by atoms with E-state index in [0.717, 1.165) is 22.7 Å². The first kappa shape index (κ1) is 19.8. The Balaban J connectivity index is 1.37. The van der Waals surface area contributed by atoms with E-state index in [2.05, 4.69) is 10.1 Å². The van der Waals surface area contributed by atoms with E-state index in [1.807, 2.05) is 49.4 Å². The quantitative estimate of drug-likeness (QED) is 0.424. The van der Waals surface area contributed by atoms with Gasteiger partial charge in [0, 0.05) is 6.07 Å². The first-order chi connectivity index (χ1) is 14.6. The number of rotatable bonds is 7. The van der Waals surface area contributed by atoms with Crippen LogP contribution < -0.4 is 10.3 Å². The molecule has 0 aliphatic rings. The summed E-state index contributed by atoms with van der Waals surface area (Å²) in [5.41, 5.74) is 1.46. The lowest BCUT2D eigenvalue weighted by Gasteiger charge is -2.07. The predicted octanol–water partition coefficient (Wildman–Crippen LogP) is 3.65. The van der Waals surface area contributed by atoms with Crippen molar-refractivity contribution in [3.05, 3.63) is 92.8 Å². The average molecular weight is 421 g/mol. The number of benzene rings is 2. The summed E-state index contributed by atoms with van der Waals surface area (Å²) in [5, 5.41) is 5.02. The second kappa shape index (κ2) is 8.87. The molecule has 0 saturated heterocycles. The summed E-state index contributed by atoms with van der Waals surface area (Å²) in [4.78, 5) is 29.3. The van der Waals surface area contributed by atoms with Crippen LogP contribution in [-0.4, -0.2) is 20.6 Å². The molecule has 2 aromatic carbocycles. The SMILES string of the molecule is CCc1nn2c(=O)cc(COC(=O)c3ccc(COc4ccccc4)cc3)nc2s1. The topological polar surface area (TPSA) is 82.8 Å². The van der Waals surface area contributed by atoms with Crippen molar-refractivity contribution in [2.24, 2.45) is 0 Å². The van der Waals surface area contributed by atoms with Crippen molar-refractivity contribution in [3.8, 4) is 5.75 Å². The fourth-order valence-electron chi connectivity index (χ4n) is 2.76. The van der Waals surface area contributed by atoms with E-state index >= 15 is 0 Å². The molecule has 0 aliphatic heterocycles. The zero-order valence-electron chi connectivity index (χ0n) is 16.3. The first-order valence-corrected chi connectivity index (χ1v) is 10.3. The highest BCUT2D eigenvalue weighted by Crippen LogP contribution is 2.14. The Kier molecular flexibility index (Phi) is 5.85. The van der Waals surface area contributed by atoms with Crippen LogP contribution in [-0.2, 0) is 24.4 Å².